The molecule has 2 N–H and O–H groups in total. The molecule has 2 aromatic rings. The molecule has 2 fully saturated rings. The number of likely N-dealkylation sites (N-methyl/N-ethyl adjacent to an activating group) is 1. The second-order valence-corrected chi connectivity index (χ2v) is 9.29. The molecule has 0 bridgehead atoms. The first-order valence-corrected chi connectivity index (χ1v) is 12.3. The minimum Gasteiger partial charge on any atom is -0.363 e. The van der Waals surface area contributed by atoms with Crippen molar-refractivity contribution < 1.29 is 0 Å². The number of hydrogen-bond acceptors (Lipinski definition) is 6. The van der Waals surface area contributed by atoms with Gasteiger partial charge in [0.15, 0.2) is 5.96 Å². The number of rotatable bonds is 6. The van der Waals surface area contributed by atoms with Crippen LogP contribution < -0.4 is 20.4 Å². The summed E-state index contributed by atoms with van der Waals surface area (Å²) in [6.45, 7) is 10.1. The Morgan fingerprint density at radius 2 is 1.88 bits per heavy atom. The average Bonchev–Trinajstić information content (AvgIpc) is 3.34. The molecule has 0 radical (unpaired) electrons. The minimum absolute atomic E-state index is 0. The molecule has 0 amide bonds. The molecule has 7 nitrogen and oxygen atoms in total. The van der Waals surface area contributed by atoms with Crippen LogP contribution in [0.15, 0.2) is 40.8 Å². The van der Waals surface area contributed by atoms with E-state index >= 15 is 0 Å². The lowest BCUT2D eigenvalue weighted by Crippen LogP contribution is -2.48. The first-order valence-electron chi connectivity index (χ1n) is 11.4. The van der Waals surface area contributed by atoms with E-state index < -0.39 is 0 Å². The Hall–Kier alpha value is -1.59. The third kappa shape index (κ3) is 6.95. The van der Waals surface area contributed by atoms with Gasteiger partial charge in [0, 0.05) is 58.1 Å². The lowest BCUT2D eigenvalue weighted by Gasteiger charge is -2.33. The largest absolute Gasteiger partial charge is 0.363 e. The molecule has 2 aliphatic heterocycles. The van der Waals surface area contributed by atoms with Crippen molar-refractivity contribution in [2.75, 3.05) is 62.7 Å². The van der Waals surface area contributed by atoms with Gasteiger partial charge in [0.25, 0.3) is 0 Å². The molecular formula is C23H36IN7S. The van der Waals surface area contributed by atoms with Gasteiger partial charge in [-0.05, 0) is 56.0 Å². The highest BCUT2D eigenvalue weighted by atomic mass is 127. The number of nitrogens with one attached hydrogen (secondary N) is 2. The van der Waals surface area contributed by atoms with Crippen molar-refractivity contribution in [3.05, 3.63) is 41.4 Å². The number of thiophene rings is 1. The van der Waals surface area contributed by atoms with Crippen molar-refractivity contribution in [3.63, 3.8) is 0 Å². The van der Waals surface area contributed by atoms with Crippen molar-refractivity contribution in [2.45, 2.75) is 32.4 Å². The number of halogens is 1. The number of piperazine rings is 1. The van der Waals surface area contributed by atoms with E-state index in [2.05, 4.69) is 69.0 Å². The van der Waals surface area contributed by atoms with Crippen molar-refractivity contribution >= 4 is 52.1 Å². The molecule has 2 aromatic heterocycles. The summed E-state index contributed by atoms with van der Waals surface area (Å²) in [6.07, 6.45) is 4.23. The maximum atomic E-state index is 4.82. The first kappa shape index (κ1) is 25.0. The minimum atomic E-state index is 0. The van der Waals surface area contributed by atoms with Crippen LogP contribution in [0.3, 0.4) is 0 Å². The summed E-state index contributed by atoms with van der Waals surface area (Å²) in [5, 5.41) is 10.6. The van der Waals surface area contributed by atoms with Gasteiger partial charge in [-0.1, -0.05) is 6.07 Å². The number of pyridine rings is 1. The highest BCUT2D eigenvalue weighted by Crippen LogP contribution is 2.24. The third-order valence-electron chi connectivity index (χ3n) is 6.05. The molecule has 9 heteroatoms. The summed E-state index contributed by atoms with van der Waals surface area (Å²) in [4.78, 5) is 16.7. The maximum Gasteiger partial charge on any atom is 0.191 e. The van der Waals surface area contributed by atoms with Crippen LogP contribution in [-0.4, -0.2) is 74.7 Å². The van der Waals surface area contributed by atoms with Crippen molar-refractivity contribution in [1.82, 2.24) is 20.5 Å². The Labute approximate surface area is 213 Å². The van der Waals surface area contributed by atoms with E-state index in [-0.39, 0.29) is 24.0 Å². The van der Waals surface area contributed by atoms with Gasteiger partial charge in [-0.3, -0.25) is 0 Å². The Balaban J connectivity index is 0.00000289. The monoisotopic (exact) mass is 569 g/mol. The fourth-order valence-corrected chi connectivity index (χ4v) is 4.90. The van der Waals surface area contributed by atoms with Crippen molar-refractivity contribution in [1.29, 1.82) is 0 Å². The molecule has 0 aromatic carbocycles. The molecule has 0 atom stereocenters. The van der Waals surface area contributed by atoms with Crippen LogP contribution >= 0.6 is 35.3 Å². The van der Waals surface area contributed by atoms with Crippen LogP contribution in [0.1, 0.15) is 25.3 Å². The van der Waals surface area contributed by atoms with Gasteiger partial charge in [0.2, 0.25) is 0 Å². The van der Waals surface area contributed by atoms with E-state index in [0.29, 0.717) is 12.6 Å². The normalized spacial score (nSPS) is 18.4. The van der Waals surface area contributed by atoms with Gasteiger partial charge in [-0.25, -0.2) is 9.98 Å². The van der Waals surface area contributed by atoms with Gasteiger partial charge in [-0.2, -0.15) is 0 Å². The zero-order valence-corrected chi connectivity index (χ0v) is 22.3. The molecule has 2 saturated heterocycles. The Morgan fingerprint density at radius 1 is 1.09 bits per heavy atom. The standard InChI is InChI=1S/C23H35N7S.HI/c1-3-24-23(27-20-8-10-30(11-9-20)22-5-4-16-31-22)26-18-19-6-7-21(25-17-19)29-14-12-28(2)13-15-29;/h4-7,16-17,20H,3,8-15,18H2,1-2H3,(H2,24,26,27);1H. The summed E-state index contributed by atoms with van der Waals surface area (Å²) in [5.74, 6) is 1.98. The molecule has 0 saturated carbocycles. The van der Waals surface area contributed by atoms with Gasteiger partial charge >= 0.3 is 0 Å². The maximum absolute atomic E-state index is 4.82. The number of anilines is 2. The van der Waals surface area contributed by atoms with Gasteiger partial charge in [-0.15, -0.1) is 35.3 Å². The fourth-order valence-electron chi connectivity index (χ4n) is 4.11. The lowest BCUT2D eigenvalue weighted by atomic mass is 10.1. The van der Waals surface area contributed by atoms with Crippen molar-refractivity contribution in [3.8, 4) is 0 Å². The third-order valence-corrected chi connectivity index (χ3v) is 6.98. The second-order valence-electron chi connectivity index (χ2n) is 8.37. The number of piperidine rings is 1. The Kier molecular flexibility index (Phi) is 9.86. The van der Waals surface area contributed by atoms with Crippen molar-refractivity contribution in [2.24, 2.45) is 4.99 Å². The van der Waals surface area contributed by atoms with Crippen LogP contribution in [0.2, 0.25) is 0 Å². The van der Waals surface area contributed by atoms with Gasteiger partial charge in [0.1, 0.15) is 5.82 Å². The van der Waals surface area contributed by atoms with Gasteiger partial charge in [0.05, 0.1) is 11.5 Å². The molecule has 0 aliphatic carbocycles. The van der Waals surface area contributed by atoms with Crippen LogP contribution in [0.4, 0.5) is 10.8 Å². The Bertz CT molecular complexity index is 811. The molecule has 0 spiro atoms. The van der Waals surface area contributed by atoms with Crippen LogP contribution in [0.5, 0.6) is 0 Å². The van der Waals surface area contributed by atoms with Crippen LogP contribution in [0, 0.1) is 0 Å². The topological polar surface area (TPSA) is 59.0 Å². The SMILES string of the molecule is CCNC(=NCc1ccc(N2CCN(C)CC2)nc1)NC1CCN(c2cccs2)CC1.I. The molecule has 4 rings (SSSR count). The summed E-state index contributed by atoms with van der Waals surface area (Å²) in [5.41, 5.74) is 1.14. The molecule has 0 unspecified atom stereocenters. The zero-order valence-electron chi connectivity index (χ0n) is 19.2. The highest BCUT2D eigenvalue weighted by Gasteiger charge is 2.20. The van der Waals surface area contributed by atoms with Crippen LogP contribution in [-0.2, 0) is 6.54 Å². The number of guanidine groups is 1. The Morgan fingerprint density at radius 3 is 2.50 bits per heavy atom. The van der Waals surface area contributed by atoms with E-state index in [4.69, 9.17) is 9.98 Å². The molecule has 176 valence electrons. The molecular weight excluding hydrogens is 533 g/mol. The van der Waals surface area contributed by atoms with E-state index in [1.807, 2.05) is 17.5 Å². The summed E-state index contributed by atoms with van der Waals surface area (Å²) >= 11 is 1.83. The average molecular weight is 570 g/mol. The fraction of sp³-hybridized carbons (Fsp3) is 0.565. The van der Waals surface area contributed by atoms with Gasteiger partial charge < -0.3 is 25.3 Å². The predicted octanol–water partition coefficient (Wildman–Crippen LogP) is 3.24. The van der Waals surface area contributed by atoms with E-state index in [0.717, 1.165) is 76.0 Å². The summed E-state index contributed by atoms with van der Waals surface area (Å²) in [6, 6.07) is 9.11. The summed E-state index contributed by atoms with van der Waals surface area (Å²) < 4.78 is 0. The number of aliphatic imine (C=N–C) groups is 1. The first-order chi connectivity index (χ1) is 15.2. The summed E-state index contributed by atoms with van der Waals surface area (Å²) in [7, 11) is 2.18. The second kappa shape index (κ2) is 12.6. The number of aromatic nitrogens is 1. The lowest BCUT2D eigenvalue weighted by molar-refractivity contribution is 0.312. The smallest absolute Gasteiger partial charge is 0.191 e. The van der Waals surface area contributed by atoms with E-state index in [1.165, 1.54) is 5.00 Å². The zero-order chi connectivity index (χ0) is 21.5. The number of hydrogen-bond donors (Lipinski definition) is 2. The number of nitrogens with zero attached hydrogens (tertiary/aromatic N) is 5. The van der Waals surface area contributed by atoms with Crippen LogP contribution in [0.25, 0.3) is 0 Å². The van der Waals surface area contributed by atoms with E-state index in [1.54, 1.807) is 0 Å². The molecule has 4 heterocycles. The molecule has 32 heavy (non-hydrogen) atoms. The quantitative estimate of drug-likeness (QED) is 0.317. The predicted molar refractivity (Wildman–Crippen MR) is 147 cm³/mol. The highest BCUT2D eigenvalue weighted by molar-refractivity contribution is 14.0. The molecule has 2 aliphatic rings. The van der Waals surface area contributed by atoms with E-state index in [9.17, 15) is 0 Å².